The van der Waals surface area contributed by atoms with Gasteiger partial charge in [-0.15, -0.1) is 11.3 Å². The monoisotopic (exact) mass is 384 g/mol. The van der Waals surface area contributed by atoms with Crippen LogP contribution < -0.4 is 4.72 Å². The minimum absolute atomic E-state index is 0.0809. The molecule has 2 aromatic carbocycles. The number of para-hydroxylation sites is 1. The standard InChI is InChI=1S/C19H16N2O3S2/c1-12-6-5-7-13(10-12)26(23,24)20-18(22)17-11-15-14-8-3-4-9-16(14)21(2)19(15)25-17/h3-11H,1-2H3,(H,20,22). The van der Waals surface area contributed by atoms with Gasteiger partial charge in [-0.1, -0.05) is 30.3 Å². The number of carbonyl (C=O) groups excluding carboxylic acids is 1. The van der Waals surface area contributed by atoms with Crippen molar-refractivity contribution in [3.63, 3.8) is 0 Å². The quantitative estimate of drug-likeness (QED) is 0.584. The van der Waals surface area contributed by atoms with Crippen LogP contribution in [0.25, 0.3) is 21.1 Å². The van der Waals surface area contributed by atoms with Crippen LogP contribution in [0.5, 0.6) is 0 Å². The van der Waals surface area contributed by atoms with E-state index < -0.39 is 15.9 Å². The molecule has 0 aliphatic heterocycles. The predicted octanol–water partition coefficient (Wildman–Crippen LogP) is 3.82. The van der Waals surface area contributed by atoms with Crippen LogP contribution in [-0.2, 0) is 17.1 Å². The molecule has 0 radical (unpaired) electrons. The summed E-state index contributed by atoms with van der Waals surface area (Å²) in [5, 5.41) is 1.99. The van der Waals surface area contributed by atoms with Gasteiger partial charge in [-0.05, 0) is 36.8 Å². The van der Waals surface area contributed by atoms with Gasteiger partial charge in [-0.3, -0.25) is 4.79 Å². The Morgan fingerprint density at radius 2 is 1.81 bits per heavy atom. The molecule has 0 atom stereocenters. The smallest absolute Gasteiger partial charge is 0.275 e. The summed E-state index contributed by atoms with van der Waals surface area (Å²) in [6, 6.07) is 16.1. The van der Waals surface area contributed by atoms with Crippen molar-refractivity contribution < 1.29 is 13.2 Å². The number of fused-ring (bicyclic) bond motifs is 3. The molecule has 4 rings (SSSR count). The van der Waals surface area contributed by atoms with Crippen molar-refractivity contribution in [2.75, 3.05) is 0 Å². The number of amides is 1. The molecular formula is C19H16N2O3S2. The second kappa shape index (κ2) is 5.96. The number of nitrogens with one attached hydrogen (secondary N) is 1. The number of aryl methyl sites for hydroxylation is 2. The van der Waals surface area contributed by atoms with Crippen LogP contribution in [0.1, 0.15) is 15.2 Å². The summed E-state index contributed by atoms with van der Waals surface area (Å²) in [6.45, 7) is 1.80. The fraction of sp³-hybridized carbons (Fsp3) is 0.105. The molecule has 7 heteroatoms. The van der Waals surface area contributed by atoms with E-state index in [9.17, 15) is 13.2 Å². The van der Waals surface area contributed by atoms with Gasteiger partial charge in [0.2, 0.25) is 0 Å². The molecule has 0 saturated carbocycles. The number of aromatic nitrogens is 1. The van der Waals surface area contributed by atoms with Crippen LogP contribution in [0.15, 0.2) is 59.5 Å². The molecule has 26 heavy (non-hydrogen) atoms. The fourth-order valence-electron chi connectivity index (χ4n) is 3.05. The lowest BCUT2D eigenvalue weighted by Gasteiger charge is -2.06. The van der Waals surface area contributed by atoms with Crippen molar-refractivity contribution in [1.82, 2.24) is 9.29 Å². The fourth-order valence-corrected chi connectivity index (χ4v) is 5.23. The van der Waals surface area contributed by atoms with Crippen molar-refractivity contribution in [2.24, 2.45) is 7.05 Å². The van der Waals surface area contributed by atoms with E-state index in [1.165, 1.54) is 23.5 Å². The van der Waals surface area contributed by atoms with E-state index in [0.29, 0.717) is 4.88 Å². The average molecular weight is 384 g/mol. The van der Waals surface area contributed by atoms with Crippen LogP contribution in [-0.4, -0.2) is 18.9 Å². The van der Waals surface area contributed by atoms with E-state index in [-0.39, 0.29) is 4.90 Å². The molecule has 1 N–H and O–H groups in total. The zero-order chi connectivity index (χ0) is 18.5. The van der Waals surface area contributed by atoms with Crippen LogP contribution >= 0.6 is 11.3 Å². The topological polar surface area (TPSA) is 68.2 Å². The Bertz CT molecular complexity index is 1270. The van der Waals surface area contributed by atoms with Crippen molar-refractivity contribution in [3.05, 3.63) is 65.0 Å². The van der Waals surface area contributed by atoms with Gasteiger partial charge in [-0.25, -0.2) is 13.1 Å². The van der Waals surface area contributed by atoms with Crippen molar-refractivity contribution >= 4 is 48.4 Å². The molecule has 5 nitrogen and oxygen atoms in total. The molecule has 0 aliphatic carbocycles. The predicted molar refractivity (Wildman–Crippen MR) is 104 cm³/mol. The largest absolute Gasteiger partial charge is 0.335 e. The van der Waals surface area contributed by atoms with Crippen LogP contribution in [0.3, 0.4) is 0 Å². The highest BCUT2D eigenvalue weighted by Crippen LogP contribution is 2.34. The van der Waals surface area contributed by atoms with E-state index in [2.05, 4.69) is 4.72 Å². The zero-order valence-electron chi connectivity index (χ0n) is 14.2. The molecule has 1 amide bonds. The molecule has 0 fully saturated rings. The van der Waals surface area contributed by atoms with Gasteiger partial charge in [0, 0.05) is 23.3 Å². The molecule has 132 valence electrons. The Kier molecular flexibility index (Phi) is 3.86. The molecule has 0 aliphatic rings. The highest BCUT2D eigenvalue weighted by atomic mass is 32.2. The lowest BCUT2D eigenvalue weighted by Crippen LogP contribution is -2.30. The maximum Gasteiger partial charge on any atom is 0.275 e. The number of nitrogens with zero attached hydrogens (tertiary/aromatic N) is 1. The minimum Gasteiger partial charge on any atom is -0.335 e. The summed E-state index contributed by atoms with van der Waals surface area (Å²) in [5.41, 5.74) is 1.89. The highest BCUT2D eigenvalue weighted by molar-refractivity contribution is 7.90. The van der Waals surface area contributed by atoms with Crippen molar-refractivity contribution in [3.8, 4) is 0 Å². The lowest BCUT2D eigenvalue weighted by atomic mass is 10.2. The number of hydrogen-bond donors (Lipinski definition) is 1. The molecular weight excluding hydrogens is 368 g/mol. The number of hydrogen-bond acceptors (Lipinski definition) is 4. The molecule has 4 aromatic rings. The van der Waals surface area contributed by atoms with E-state index in [4.69, 9.17) is 0 Å². The molecule has 0 unspecified atom stereocenters. The molecule has 0 spiro atoms. The van der Waals surface area contributed by atoms with E-state index in [1.807, 2.05) is 35.9 Å². The number of sulfonamides is 1. The van der Waals surface area contributed by atoms with E-state index in [0.717, 1.165) is 26.7 Å². The number of rotatable bonds is 3. The van der Waals surface area contributed by atoms with E-state index >= 15 is 0 Å². The van der Waals surface area contributed by atoms with Crippen molar-refractivity contribution in [1.29, 1.82) is 0 Å². The highest BCUT2D eigenvalue weighted by Gasteiger charge is 2.22. The molecule has 2 aromatic heterocycles. The normalized spacial score (nSPS) is 11.9. The van der Waals surface area contributed by atoms with Gasteiger partial charge in [0.1, 0.15) is 4.83 Å². The summed E-state index contributed by atoms with van der Waals surface area (Å²) < 4.78 is 29.1. The Hall–Kier alpha value is -2.64. The Morgan fingerprint density at radius 1 is 1.04 bits per heavy atom. The average Bonchev–Trinajstić information content (AvgIpc) is 3.15. The third-order valence-electron chi connectivity index (χ3n) is 4.32. The summed E-state index contributed by atoms with van der Waals surface area (Å²) in [4.78, 5) is 13.9. The lowest BCUT2D eigenvalue weighted by molar-refractivity contribution is 0.0985. The van der Waals surface area contributed by atoms with Gasteiger partial charge in [-0.2, -0.15) is 0 Å². The summed E-state index contributed by atoms with van der Waals surface area (Å²) >= 11 is 1.28. The SMILES string of the molecule is Cc1cccc(S(=O)(=O)NC(=O)c2cc3c4ccccc4n(C)c3s2)c1. The van der Waals surface area contributed by atoms with Gasteiger partial charge < -0.3 is 4.57 Å². The van der Waals surface area contributed by atoms with Gasteiger partial charge >= 0.3 is 0 Å². The Labute approximate surface area is 154 Å². The second-order valence-electron chi connectivity index (χ2n) is 6.16. The first-order valence-corrected chi connectivity index (χ1v) is 10.3. The molecule has 0 saturated heterocycles. The third-order valence-corrected chi connectivity index (χ3v) is 6.86. The second-order valence-corrected chi connectivity index (χ2v) is 8.87. The maximum absolute atomic E-state index is 12.5. The molecule has 0 bridgehead atoms. The number of carbonyl (C=O) groups is 1. The Balaban J connectivity index is 1.71. The number of thiophene rings is 1. The van der Waals surface area contributed by atoms with Gasteiger partial charge in [0.25, 0.3) is 15.9 Å². The first-order valence-electron chi connectivity index (χ1n) is 7.97. The third kappa shape index (κ3) is 2.69. The molecule has 2 heterocycles. The van der Waals surface area contributed by atoms with Crippen LogP contribution in [0.4, 0.5) is 0 Å². The summed E-state index contributed by atoms with van der Waals surface area (Å²) in [5.74, 6) is -0.614. The zero-order valence-corrected chi connectivity index (χ0v) is 15.8. The first-order chi connectivity index (χ1) is 12.4. The summed E-state index contributed by atoms with van der Waals surface area (Å²) in [7, 11) is -1.97. The van der Waals surface area contributed by atoms with Crippen molar-refractivity contribution in [2.45, 2.75) is 11.8 Å². The van der Waals surface area contributed by atoms with Crippen LogP contribution in [0.2, 0.25) is 0 Å². The van der Waals surface area contributed by atoms with Crippen LogP contribution in [0, 0.1) is 6.92 Å². The number of benzene rings is 2. The first kappa shape index (κ1) is 16.8. The minimum atomic E-state index is -3.90. The Morgan fingerprint density at radius 3 is 2.58 bits per heavy atom. The van der Waals surface area contributed by atoms with E-state index in [1.54, 1.807) is 25.1 Å². The van der Waals surface area contributed by atoms with Gasteiger partial charge in [0.05, 0.1) is 9.77 Å². The van der Waals surface area contributed by atoms with Gasteiger partial charge in [0.15, 0.2) is 0 Å². The summed E-state index contributed by atoms with van der Waals surface area (Å²) in [6.07, 6.45) is 0. The maximum atomic E-state index is 12.5.